The van der Waals surface area contributed by atoms with Gasteiger partial charge in [-0.3, -0.25) is 0 Å². The van der Waals surface area contributed by atoms with Crippen molar-refractivity contribution in [3.05, 3.63) is 45.8 Å². The summed E-state index contributed by atoms with van der Waals surface area (Å²) in [4.78, 5) is 1.76. The lowest BCUT2D eigenvalue weighted by molar-refractivity contribution is 0.688. The fraction of sp³-hybridized carbons (Fsp3) is 0.267. The molecule has 0 saturated heterocycles. The highest BCUT2D eigenvalue weighted by Gasteiger charge is 2.20. The van der Waals surface area contributed by atoms with Crippen LogP contribution in [0.15, 0.2) is 30.3 Å². The number of nitrogens with one attached hydrogen (secondary N) is 1. The van der Waals surface area contributed by atoms with Gasteiger partial charge in [0.1, 0.15) is 10.9 Å². The maximum atomic E-state index is 8.86. The van der Waals surface area contributed by atoms with Crippen LogP contribution >= 0.6 is 22.9 Å². The van der Waals surface area contributed by atoms with Crippen LogP contribution in [0.4, 0.5) is 0 Å². The standard InChI is InChI=1S/C15H13ClN2S/c16-14-7-10(9-18-11-2-3-11)1-5-13(14)15-6-4-12(8-17)19-15/h1,4-7,11,18H,2-3,9H2. The van der Waals surface area contributed by atoms with E-state index in [9.17, 15) is 0 Å². The highest BCUT2D eigenvalue weighted by atomic mass is 35.5. The van der Waals surface area contributed by atoms with Gasteiger partial charge >= 0.3 is 0 Å². The van der Waals surface area contributed by atoms with Gasteiger partial charge in [0.15, 0.2) is 0 Å². The number of nitrogens with zero attached hydrogens (tertiary/aromatic N) is 1. The predicted octanol–water partition coefficient (Wildman–Crippen LogP) is 4.19. The van der Waals surface area contributed by atoms with E-state index >= 15 is 0 Å². The van der Waals surface area contributed by atoms with E-state index in [1.165, 1.54) is 29.7 Å². The van der Waals surface area contributed by atoms with Crippen LogP contribution in [0.5, 0.6) is 0 Å². The Morgan fingerprint density at radius 1 is 1.32 bits per heavy atom. The molecule has 1 aromatic heterocycles. The summed E-state index contributed by atoms with van der Waals surface area (Å²) in [5, 5.41) is 13.1. The molecular weight excluding hydrogens is 276 g/mol. The van der Waals surface area contributed by atoms with Gasteiger partial charge in [0.05, 0.1) is 0 Å². The molecule has 96 valence electrons. The Morgan fingerprint density at radius 3 is 2.79 bits per heavy atom. The Morgan fingerprint density at radius 2 is 2.16 bits per heavy atom. The maximum Gasteiger partial charge on any atom is 0.110 e. The zero-order valence-electron chi connectivity index (χ0n) is 10.3. The molecule has 1 fully saturated rings. The fourth-order valence-electron chi connectivity index (χ4n) is 1.96. The molecule has 1 aliphatic carbocycles. The molecule has 1 aliphatic rings. The normalized spacial score (nSPS) is 14.3. The second kappa shape index (κ2) is 5.34. The van der Waals surface area contributed by atoms with Crippen LogP contribution in [0.2, 0.25) is 5.02 Å². The molecule has 1 aromatic carbocycles. The van der Waals surface area contributed by atoms with Crippen molar-refractivity contribution < 1.29 is 0 Å². The smallest absolute Gasteiger partial charge is 0.110 e. The summed E-state index contributed by atoms with van der Waals surface area (Å²) < 4.78 is 0. The molecule has 1 N–H and O–H groups in total. The molecule has 19 heavy (non-hydrogen) atoms. The molecule has 0 aliphatic heterocycles. The average Bonchev–Trinajstić information content (AvgIpc) is 3.13. The topological polar surface area (TPSA) is 35.8 Å². The molecule has 0 bridgehead atoms. The van der Waals surface area contributed by atoms with Gasteiger partial charge in [-0.15, -0.1) is 11.3 Å². The second-order valence-corrected chi connectivity index (χ2v) is 6.24. The lowest BCUT2D eigenvalue weighted by Crippen LogP contribution is -2.15. The third-order valence-corrected chi connectivity index (χ3v) is 4.52. The van der Waals surface area contributed by atoms with Gasteiger partial charge in [-0.05, 0) is 36.6 Å². The molecule has 3 rings (SSSR count). The first kappa shape index (κ1) is 12.7. The van der Waals surface area contributed by atoms with E-state index in [-0.39, 0.29) is 0 Å². The van der Waals surface area contributed by atoms with Crippen molar-refractivity contribution in [3.63, 3.8) is 0 Å². The number of nitriles is 1. The van der Waals surface area contributed by atoms with Crippen molar-refractivity contribution >= 4 is 22.9 Å². The molecule has 2 nitrogen and oxygen atoms in total. The summed E-state index contributed by atoms with van der Waals surface area (Å²) in [6.45, 7) is 0.874. The number of benzene rings is 1. The lowest BCUT2D eigenvalue weighted by Gasteiger charge is -2.06. The number of hydrogen-bond acceptors (Lipinski definition) is 3. The Labute approximate surface area is 121 Å². The first-order valence-corrected chi connectivity index (χ1v) is 7.48. The molecule has 0 spiro atoms. The average molecular weight is 289 g/mol. The van der Waals surface area contributed by atoms with Crippen molar-refractivity contribution in [2.45, 2.75) is 25.4 Å². The Hall–Kier alpha value is -1.34. The van der Waals surface area contributed by atoms with Gasteiger partial charge in [0.25, 0.3) is 0 Å². The monoisotopic (exact) mass is 288 g/mol. The van der Waals surface area contributed by atoms with E-state index in [1.807, 2.05) is 24.3 Å². The van der Waals surface area contributed by atoms with Crippen molar-refractivity contribution in [2.75, 3.05) is 0 Å². The van der Waals surface area contributed by atoms with Crippen LogP contribution in [-0.2, 0) is 6.54 Å². The fourth-order valence-corrected chi connectivity index (χ4v) is 3.16. The summed E-state index contributed by atoms with van der Waals surface area (Å²) in [6, 6.07) is 12.8. The summed E-state index contributed by atoms with van der Waals surface area (Å²) in [6.07, 6.45) is 2.58. The van der Waals surface area contributed by atoms with E-state index in [0.717, 1.165) is 22.0 Å². The molecule has 4 heteroatoms. The van der Waals surface area contributed by atoms with Crippen molar-refractivity contribution in [2.24, 2.45) is 0 Å². The molecule has 0 radical (unpaired) electrons. The molecule has 2 aromatic rings. The van der Waals surface area contributed by atoms with Gasteiger partial charge in [-0.25, -0.2) is 0 Å². The molecular formula is C15H13ClN2S. The maximum absolute atomic E-state index is 8.86. The molecule has 0 unspecified atom stereocenters. The van der Waals surface area contributed by atoms with Crippen molar-refractivity contribution in [1.82, 2.24) is 5.32 Å². The van der Waals surface area contributed by atoms with Crippen LogP contribution in [0, 0.1) is 11.3 Å². The lowest BCUT2D eigenvalue weighted by atomic mass is 10.1. The minimum Gasteiger partial charge on any atom is -0.310 e. The number of thiophene rings is 1. The Balaban J connectivity index is 1.80. The van der Waals surface area contributed by atoms with Gasteiger partial charge in [-0.2, -0.15) is 5.26 Å². The van der Waals surface area contributed by atoms with Crippen molar-refractivity contribution in [3.8, 4) is 16.5 Å². The summed E-state index contributed by atoms with van der Waals surface area (Å²) in [5.74, 6) is 0. The highest BCUT2D eigenvalue weighted by Crippen LogP contribution is 2.33. The summed E-state index contributed by atoms with van der Waals surface area (Å²) in [7, 11) is 0. The first-order chi connectivity index (χ1) is 9.26. The zero-order chi connectivity index (χ0) is 13.2. The van der Waals surface area contributed by atoms with Gasteiger partial charge in [0.2, 0.25) is 0 Å². The molecule has 0 amide bonds. The molecule has 1 saturated carbocycles. The van der Waals surface area contributed by atoms with E-state index < -0.39 is 0 Å². The quantitative estimate of drug-likeness (QED) is 0.915. The zero-order valence-corrected chi connectivity index (χ0v) is 11.9. The van der Waals surface area contributed by atoms with E-state index in [1.54, 1.807) is 0 Å². The van der Waals surface area contributed by atoms with Crippen LogP contribution < -0.4 is 5.32 Å². The number of halogens is 1. The van der Waals surface area contributed by atoms with Gasteiger partial charge in [0, 0.05) is 28.0 Å². The number of rotatable bonds is 4. The van der Waals surface area contributed by atoms with Crippen molar-refractivity contribution in [1.29, 1.82) is 5.26 Å². The largest absolute Gasteiger partial charge is 0.310 e. The third-order valence-electron chi connectivity index (χ3n) is 3.19. The number of hydrogen-bond donors (Lipinski definition) is 1. The van der Waals surface area contributed by atoms with E-state index in [0.29, 0.717) is 10.9 Å². The van der Waals surface area contributed by atoms with Crippen LogP contribution in [0.1, 0.15) is 23.3 Å². The highest BCUT2D eigenvalue weighted by molar-refractivity contribution is 7.16. The third kappa shape index (κ3) is 2.98. The summed E-state index contributed by atoms with van der Waals surface area (Å²) >= 11 is 7.82. The van der Waals surface area contributed by atoms with Crippen LogP contribution in [0.25, 0.3) is 10.4 Å². The van der Waals surface area contributed by atoms with Gasteiger partial charge in [-0.1, -0.05) is 23.7 Å². The minimum atomic E-state index is 0.703. The predicted molar refractivity (Wildman–Crippen MR) is 79.3 cm³/mol. The van der Waals surface area contributed by atoms with Crippen LogP contribution in [-0.4, -0.2) is 6.04 Å². The molecule has 0 atom stereocenters. The Kier molecular flexibility index (Phi) is 3.56. The summed E-state index contributed by atoms with van der Waals surface area (Å²) in [5.41, 5.74) is 2.21. The van der Waals surface area contributed by atoms with E-state index in [4.69, 9.17) is 16.9 Å². The first-order valence-electron chi connectivity index (χ1n) is 6.28. The van der Waals surface area contributed by atoms with E-state index in [2.05, 4.69) is 17.5 Å². The minimum absolute atomic E-state index is 0.703. The van der Waals surface area contributed by atoms with Gasteiger partial charge < -0.3 is 5.32 Å². The Bertz CT molecular complexity index is 638. The SMILES string of the molecule is N#Cc1ccc(-c2ccc(CNC3CC3)cc2Cl)s1. The second-order valence-electron chi connectivity index (χ2n) is 4.75. The van der Waals surface area contributed by atoms with Crippen LogP contribution in [0.3, 0.4) is 0 Å². The molecule has 1 heterocycles.